The molecule has 2 saturated heterocycles. The van der Waals surface area contributed by atoms with Crippen molar-refractivity contribution >= 4 is 28.9 Å². The second-order valence-electron chi connectivity index (χ2n) is 8.57. The van der Waals surface area contributed by atoms with Crippen LogP contribution < -0.4 is 10.2 Å². The van der Waals surface area contributed by atoms with Gasteiger partial charge in [0.2, 0.25) is 0 Å². The molecule has 158 valence electrons. The number of halogens is 1. The average molecular weight is 433 g/mol. The zero-order chi connectivity index (χ0) is 21.3. The normalized spacial score (nSPS) is 19.3. The Hall–Kier alpha value is -3.05. The fraction of sp³-hybridized carbons (Fsp3) is 0.280. The van der Waals surface area contributed by atoms with Crippen LogP contribution in [0.5, 0.6) is 0 Å². The van der Waals surface area contributed by atoms with Crippen molar-refractivity contribution < 1.29 is 4.79 Å². The molecule has 1 aromatic heterocycles. The number of pyridine rings is 1. The predicted molar refractivity (Wildman–Crippen MR) is 125 cm³/mol. The minimum atomic E-state index is 0.0592. The van der Waals surface area contributed by atoms with Crippen molar-refractivity contribution in [2.45, 2.75) is 0 Å². The van der Waals surface area contributed by atoms with Gasteiger partial charge in [-0.15, -0.1) is 0 Å². The van der Waals surface area contributed by atoms with Gasteiger partial charge in [0.25, 0.3) is 5.91 Å². The number of likely N-dealkylation sites (tertiary alicyclic amines) is 1. The van der Waals surface area contributed by atoms with E-state index in [1.165, 1.54) is 5.69 Å². The zero-order valence-electron chi connectivity index (χ0n) is 17.2. The van der Waals surface area contributed by atoms with Crippen LogP contribution in [-0.4, -0.2) is 48.5 Å². The number of rotatable bonds is 5. The summed E-state index contributed by atoms with van der Waals surface area (Å²) in [5.41, 5.74) is 2.99. The van der Waals surface area contributed by atoms with Gasteiger partial charge in [-0.05, 0) is 42.5 Å². The molecule has 1 unspecified atom stereocenters. The third-order valence-electron chi connectivity index (χ3n) is 6.52. The topological polar surface area (TPSA) is 48.5 Å². The fourth-order valence-corrected chi connectivity index (χ4v) is 5.07. The molecular formula is C25H25ClN4O. The van der Waals surface area contributed by atoms with Crippen molar-refractivity contribution in [2.75, 3.05) is 42.9 Å². The Morgan fingerprint density at radius 3 is 2.65 bits per heavy atom. The number of hydrogen-bond acceptors (Lipinski definition) is 4. The van der Waals surface area contributed by atoms with Gasteiger partial charge in [0.1, 0.15) is 0 Å². The molecule has 2 aromatic carbocycles. The smallest absolute Gasteiger partial charge is 0.253 e. The molecule has 2 aliphatic rings. The molecule has 2 fully saturated rings. The van der Waals surface area contributed by atoms with Gasteiger partial charge in [-0.1, -0.05) is 35.9 Å². The SMILES string of the molecule is O=C(c1cccc(Cl)c1)N1CC(CNc2cccnc2)C2(C1)CN(c1ccccc1)C2. The lowest BCUT2D eigenvalue weighted by molar-refractivity contribution is 0.0762. The number of aromatic nitrogens is 1. The minimum absolute atomic E-state index is 0.0592. The number of carbonyl (C=O) groups is 1. The van der Waals surface area contributed by atoms with Crippen LogP contribution in [0.4, 0.5) is 11.4 Å². The van der Waals surface area contributed by atoms with Gasteiger partial charge < -0.3 is 15.1 Å². The van der Waals surface area contributed by atoms with Crippen LogP contribution in [0.3, 0.4) is 0 Å². The molecule has 1 amide bonds. The monoisotopic (exact) mass is 432 g/mol. The molecule has 0 radical (unpaired) electrons. The maximum Gasteiger partial charge on any atom is 0.253 e. The molecule has 5 rings (SSSR count). The summed E-state index contributed by atoms with van der Waals surface area (Å²) in [6.45, 7) is 4.22. The van der Waals surface area contributed by atoms with Crippen LogP contribution >= 0.6 is 11.6 Å². The number of nitrogens with one attached hydrogen (secondary N) is 1. The van der Waals surface area contributed by atoms with Crippen LogP contribution in [0.1, 0.15) is 10.4 Å². The van der Waals surface area contributed by atoms with E-state index in [2.05, 4.69) is 39.5 Å². The summed E-state index contributed by atoms with van der Waals surface area (Å²) in [7, 11) is 0. The van der Waals surface area contributed by atoms with Gasteiger partial charge in [-0.2, -0.15) is 0 Å². The first-order valence-corrected chi connectivity index (χ1v) is 11.0. The van der Waals surface area contributed by atoms with Crippen LogP contribution in [0, 0.1) is 11.3 Å². The molecule has 3 heterocycles. The Morgan fingerprint density at radius 1 is 1.06 bits per heavy atom. The molecule has 0 saturated carbocycles. The number of anilines is 2. The molecule has 0 aliphatic carbocycles. The fourth-order valence-electron chi connectivity index (χ4n) is 4.88. The highest BCUT2D eigenvalue weighted by Gasteiger charge is 2.55. The first kappa shape index (κ1) is 19.9. The molecule has 6 heteroatoms. The van der Waals surface area contributed by atoms with Gasteiger partial charge >= 0.3 is 0 Å². The maximum atomic E-state index is 13.2. The number of hydrogen-bond donors (Lipinski definition) is 1. The van der Waals surface area contributed by atoms with E-state index in [-0.39, 0.29) is 11.3 Å². The summed E-state index contributed by atoms with van der Waals surface area (Å²) < 4.78 is 0. The van der Waals surface area contributed by atoms with Crippen LogP contribution in [0.2, 0.25) is 5.02 Å². The molecule has 3 aromatic rings. The quantitative estimate of drug-likeness (QED) is 0.648. The number of nitrogens with zero attached hydrogens (tertiary/aromatic N) is 3. The summed E-state index contributed by atoms with van der Waals surface area (Å²) in [6, 6.07) is 21.7. The van der Waals surface area contributed by atoms with Gasteiger partial charge in [-0.3, -0.25) is 9.78 Å². The Bertz CT molecular complexity index is 1050. The molecule has 2 aliphatic heterocycles. The summed E-state index contributed by atoms with van der Waals surface area (Å²) >= 11 is 6.13. The summed E-state index contributed by atoms with van der Waals surface area (Å²) in [6.07, 6.45) is 3.62. The number of para-hydroxylation sites is 1. The van der Waals surface area contributed by atoms with E-state index in [0.717, 1.165) is 38.4 Å². The average Bonchev–Trinajstić information content (AvgIpc) is 3.17. The summed E-state index contributed by atoms with van der Waals surface area (Å²) in [5.74, 6) is 0.416. The van der Waals surface area contributed by atoms with Crippen molar-refractivity contribution in [1.82, 2.24) is 9.88 Å². The third kappa shape index (κ3) is 3.98. The molecule has 31 heavy (non-hydrogen) atoms. The highest BCUT2D eigenvalue weighted by molar-refractivity contribution is 6.30. The van der Waals surface area contributed by atoms with Crippen LogP contribution in [0.25, 0.3) is 0 Å². The minimum Gasteiger partial charge on any atom is -0.383 e. The summed E-state index contributed by atoms with van der Waals surface area (Å²) in [5, 5.41) is 4.12. The van der Waals surface area contributed by atoms with E-state index in [1.54, 1.807) is 18.3 Å². The van der Waals surface area contributed by atoms with Gasteiger partial charge in [-0.25, -0.2) is 0 Å². The van der Waals surface area contributed by atoms with Gasteiger partial charge in [0.15, 0.2) is 0 Å². The lowest BCUT2D eigenvalue weighted by Crippen LogP contribution is -2.61. The number of amides is 1. The molecule has 1 atom stereocenters. The Morgan fingerprint density at radius 2 is 1.90 bits per heavy atom. The molecule has 1 spiro atoms. The zero-order valence-corrected chi connectivity index (χ0v) is 18.0. The lowest BCUT2D eigenvalue weighted by Gasteiger charge is -2.52. The van der Waals surface area contributed by atoms with Crippen molar-refractivity contribution in [3.05, 3.63) is 89.7 Å². The number of carbonyl (C=O) groups excluding carboxylic acids is 1. The largest absolute Gasteiger partial charge is 0.383 e. The third-order valence-corrected chi connectivity index (χ3v) is 6.75. The highest BCUT2D eigenvalue weighted by atomic mass is 35.5. The van der Waals surface area contributed by atoms with E-state index >= 15 is 0 Å². The highest BCUT2D eigenvalue weighted by Crippen LogP contribution is 2.46. The first-order valence-electron chi connectivity index (χ1n) is 10.6. The Kier molecular flexibility index (Phi) is 5.28. The molecular weight excluding hydrogens is 408 g/mol. The molecule has 5 nitrogen and oxygen atoms in total. The predicted octanol–water partition coefficient (Wildman–Crippen LogP) is 4.43. The second kappa shape index (κ2) is 8.23. The van der Waals surface area contributed by atoms with Crippen molar-refractivity contribution in [3.8, 4) is 0 Å². The first-order chi connectivity index (χ1) is 15.1. The van der Waals surface area contributed by atoms with Gasteiger partial charge in [0, 0.05) is 72.7 Å². The summed E-state index contributed by atoms with van der Waals surface area (Å²) in [4.78, 5) is 21.8. The van der Waals surface area contributed by atoms with Crippen LogP contribution in [0.15, 0.2) is 79.1 Å². The van der Waals surface area contributed by atoms with E-state index in [0.29, 0.717) is 16.5 Å². The molecule has 0 bridgehead atoms. The van der Waals surface area contributed by atoms with E-state index in [9.17, 15) is 4.79 Å². The van der Waals surface area contributed by atoms with E-state index in [1.807, 2.05) is 41.4 Å². The second-order valence-corrected chi connectivity index (χ2v) is 9.01. The standard InChI is InChI=1S/C25H25ClN4O/c26-21-7-4-6-19(12-21)24(31)29-15-20(13-28-22-8-5-11-27-14-22)25(16-29)17-30(18-25)23-9-2-1-3-10-23/h1-12,14,20,28H,13,15-18H2. The van der Waals surface area contributed by atoms with E-state index in [4.69, 9.17) is 11.6 Å². The van der Waals surface area contributed by atoms with Crippen molar-refractivity contribution in [1.29, 1.82) is 0 Å². The van der Waals surface area contributed by atoms with Crippen LogP contribution in [-0.2, 0) is 0 Å². The maximum absolute atomic E-state index is 13.2. The Balaban J connectivity index is 1.34. The van der Waals surface area contributed by atoms with E-state index < -0.39 is 0 Å². The van der Waals surface area contributed by atoms with Crippen molar-refractivity contribution in [3.63, 3.8) is 0 Å². The van der Waals surface area contributed by atoms with Crippen molar-refractivity contribution in [2.24, 2.45) is 11.3 Å². The van der Waals surface area contributed by atoms with Gasteiger partial charge in [0.05, 0.1) is 5.69 Å². The Labute approximate surface area is 187 Å². The molecule has 1 N–H and O–H groups in total. The lowest BCUT2D eigenvalue weighted by atomic mass is 9.71. The number of benzene rings is 2.